The van der Waals surface area contributed by atoms with Crippen LogP contribution in [0.15, 0.2) is 16.4 Å². The monoisotopic (exact) mass is 170 g/mol. The number of hydrogen-bond donors (Lipinski definition) is 2. The van der Waals surface area contributed by atoms with Gasteiger partial charge in [-0.2, -0.15) is 0 Å². The third-order valence-electron chi connectivity index (χ3n) is 1.92. The fraction of sp³-hybridized carbons (Fsp3) is 0.625. The third kappa shape index (κ3) is 1.98. The van der Waals surface area contributed by atoms with Crippen molar-refractivity contribution in [3.05, 3.63) is 11.3 Å². The maximum Gasteiger partial charge on any atom is 0.0868 e. The number of nitrogens with zero attached hydrogens (tertiary/aromatic N) is 1. The van der Waals surface area contributed by atoms with Gasteiger partial charge in [-0.15, -0.1) is 0 Å². The fourth-order valence-electron chi connectivity index (χ4n) is 1.28. The van der Waals surface area contributed by atoms with Crippen molar-refractivity contribution in [2.75, 3.05) is 13.2 Å². The van der Waals surface area contributed by atoms with E-state index in [1.807, 2.05) is 6.92 Å². The SMILES string of the molecule is CC(N)=C1CCOCCC1=NO. The minimum absolute atomic E-state index is 0.607. The predicted octanol–water partition coefficient (Wildman–Crippen LogP) is 0.860. The molecule has 0 radical (unpaired) electrons. The van der Waals surface area contributed by atoms with Gasteiger partial charge in [-0.1, -0.05) is 5.16 Å². The topological polar surface area (TPSA) is 67.8 Å². The molecule has 0 aromatic rings. The summed E-state index contributed by atoms with van der Waals surface area (Å²) < 4.78 is 5.23. The Morgan fingerprint density at radius 2 is 2.17 bits per heavy atom. The van der Waals surface area contributed by atoms with E-state index < -0.39 is 0 Å². The van der Waals surface area contributed by atoms with Gasteiger partial charge in [-0.3, -0.25) is 0 Å². The first-order valence-corrected chi connectivity index (χ1v) is 4.00. The van der Waals surface area contributed by atoms with Crippen LogP contribution in [0.3, 0.4) is 0 Å². The fourth-order valence-corrected chi connectivity index (χ4v) is 1.28. The van der Waals surface area contributed by atoms with Crippen LogP contribution < -0.4 is 5.73 Å². The first-order valence-electron chi connectivity index (χ1n) is 4.00. The maximum atomic E-state index is 8.68. The van der Waals surface area contributed by atoms with E-state index in [0.717, 1.165) is 12.0 Å². The molecule has 1 heterocycles. The molecule has 1 fully saturated rings. The minimum Gasteiger partial charge on any atom is -0.411 e. The molecule has 3 N–H and O–H groups in total. The van der Waals surface area contributed by atoms with Gasteiger partial charge in [-0.05, 0) is 18.9 Å². The van der Waals surface area contributed by atoms with Crippen molar-refractivity contribution in [1.29, 1.82) is 0 Å². The van der Waals surface area contributed by atoms with Crippen LogP contribution in [0.25, 0.3) is 0 Å². The Balaban J connectivity index is 2.86. The lowest BCUT2D eigenvalue weighted by Crippen LogP contribution is -2.09. The highest BCUT2D eigenvalue weighted by atomic mass is 16.5. The number of ether oxygens (including phenoxy) is 1. The summed E-state index contributed by atoms with van der Waals surface area (Å²) >= 11 is 0. The zero-order valence-corrected chi connectivity index (χ0v) is 7.21. The Labute approximate surface area is 71.7 Å². The zero-order valence-electron chi connectivity index (χ0n) is 7.21. The molecule has 0 atom stereocenters. The first-order chi connectivity index (χ1) is 5.75. The maximum absolute atomic E-state index is 8.68. The van der Waals surface area contributed by atoms with E-state index in [4.69, 9.17) is 15.7 Å². The quantitative estimate of drug-likeness (QED) is 0.418. The Hall–Kier alpha value is -1.03. The molecule has 0 bridgehead atoms. The second-order valence-electron chi connectivity index (χ2n) is 2.82. The normalized spacial score (nSPS) is 26.9. The lowest BCUT2D eigenvalue weighted by atomic mass is 10.0. The van der Waals surface area contributed by atoms with Gasteiger partial charge in [0.25, 0.3) is 0 Å². The van der Waals surface area contributed by atoms with E-state index >= 15 is 0 Å². The number of allylic oxidation sites excluding steroid dienone is 1. The highest BCUT2D eigenvalue weighted by molar-refractivity contribution is 6.00. The largest absolute Gasteiger partial charge is 0.411 e. The predicted molar refractivity (Wildman–Crippen MR) is 46.2 cm³/mol. The molecule has 4 nitrogen and oxygen atoms in total. The molecule has 1 saturated heterocycles. The van der Waals surface area contributed by atoms with Crippen LogP contribution in [0.2, 0.25) is 0 Å². The summed E-state index contributed by atoms with van der Waals surface area (Å²) in [5.74, 6) is 0. The number of oxime groups is 1. The Morgan fingerprint density at radius 1 is 1.50 bits per heavy atom. The van der Waals surface area contributed by atoms with Crippen molar-refractivity contribution >= 4 is 5.71 Å². The molecular weight excluding hydrogens is 156 g/mol. The summed E-state index contributed by atoms with van der Waals surface area (Å²) in [5, 5.41) is 11.9. The molecular formula is C8H14N2O2. The average molecular weight is 170 g/mol. The van der Waals surface area contributed by atoms with Gasteiger partial charge < -0.3 is 15.7 Å². The molecule has 12 heavy (non-hydrogen) atoms. The second kappa shape index (κ2) is 4.11. The van der Waals surface area contributed by atoms with Crippen molar-refractivity contribution in [2.24, 2.45) is 10.9 Å². The van der Waals surface area contributed by atoms with Crippen LogP contribution in [-0.2, 0) is 4.74 Å². The smallest absolute Gasteiger partial charge is 0.0868 e. The van der Waals surface area contributed by atoms with E-state index in [1.54, 1.807) is 0 Å². The number of hydrogen-bond acceptors (Lipinski definition) is 4. The summed E-state index contributed by atoms with van der Waals surface area (Å²) in [5.41, 5.74) is 7.94. The second-order valence-corrected chi connectivity index (χ2v) is 2.82. The van der Waals surface area contributed by atoms with Gasteiger partial charge in [0.05, 0.1) is 18.9 Å². The average Bonchev–Trinajstić information content (AvgIpc) is 2.27. The molecule has 0 spiro atoms. The van der Waals surface area contributed by atoms with Gasteiger partial charge in [0.1, 0.15) is 0 Å². The Bertz CT molecular complexity index is 217. The summed E-state index contributed by atoms with van der Waals surface area (Å²) in [4.78, 5) is 0. The van der Waals surface area contributed by atoms with Crippen LogP contribution in [-0.4, -0.2) is 24.1 Å². The molecule has 0 saturated carbocycles. The lowest BCUT2D eigenvalue weighted by molar-refractivity contribution is 0.149. The highest BCUT2D eigenvalue weighted by Gasteiger charge is 2.13. The Morgan fingerprint density at radius 3 is 2.75 bits per heavy atom. The van der Waals surface area contributed by atoms with Gasteiger partial charge >= 0.3 is 0 Å². The van der Waals surface area contributed by atoms with Crippen molar-refractivity contribution < 1.29 is 9.94 Å². The van der Waals surface area contributed by atoms with Gasteiger partial charge in [0, 0.05) is 12.1 Å². The first kappa shape index (κ1) is 9.06. The van der Waals surface area contributed by atoms with Crippen molar-refractivity contribution in [3.63, 3.8) is 0 Å². The van der Waals surface area contributed by atoms with E-state index in [1.165, 1.54) is 0 Å². The van der Waals surface area contributed by atoms with Gasteiger partial charge in [-0.25, -0.2) is 0 Å². The summed E-state index contributed by atoms with van der Waals surface area (Å²) in [6.45, 7) is 3.07. The van der Waals surface area contributed by atoms with E-state index in [9.17, 15) is 0 Å². The van der Waals surface area contributed by atoms with E-state index in [0.29, 0.717) is 31.0 Å². The van der Waals surface area contributed by atoms with E-state index in [2.05, 4.69) is 5.16 Å². The molecule has 0 amide bonds. The molecule has 1 rings (SSSR count). The molecule has 1 aliphatic rings. The molecule has 0 aromatic heterocycles. The molecule has 0 unspecified atom stereocenters. The van der Waals surface area contributed by atoms with Crippen LogP contribution in [0.1, 0.15) is 19.8 Å². The highest BCUT2D eigenvalue weighted by Crippen LogP contribution is 2.14. The van der Waals surface area contributed by atoms with Crippen LogP contribution in [0.5, 0.6) is 0 Å². The van der Waals surface area contributed by atoms with E-state index in [-0.39, 0.29) is 0 Å². The van der Waals surface area contributed by atoms with Crippen molar-refractivity contribution in [3.8, 4) is 0 Å². The third-order valence-corrected chi connectivity index (χ3v) is 1.92. The summed E-state index contributed by atoms with van der Waals surface area (Å²) in [6, 6.07) is 0. The lowest BCUT2D eigenvalue weighted by Gasteiger charge is -2.05. The number of rotatable bonds is 0. The van der Waals surface area contributed by atoms with Crippen LogP contribution in [0.4, 0.5) is 0 Å². The molecule has 0 aliphatic carbocycles. The summed E-state index contributed by atoms with van der Waals surface area (Å²) in [6.07, 6.45) is 1.38. The molecule has 0 aromatic carbocycles. The van der Waals surface area contributed by atoms with Crippen LogP contribution >= 0.6 is 0 Å². The minimum atomic E-state index is 0.607. The standard InChI is InChI=1S/C8H14N2O2/c1-6(9)7-2-4-12-5-3-8(7)10-11/h11H,2-5,9H2,1H3. The van der Waals surface area contributed by atoms with Crippen molar-refractivity contribution in [2.45, 2.75) is 19.8 Å². The molecule has 68 valence electrons. The number of nitrogens with two attached hydrogens (primary N) is 1. The van der Waals surface area contributed by atoms with Crippen molar-refractivity contribution in [1.82, 2.24) is 0 Å². The van der Waals surface area contributed by atoms with Crippen LogP contribution in [0, 0.1) is 0 Å². The zero-order chi connectivity index (χ0) is 8.97. The Kier molecular flexibility index (Phi) is 3.10. The summed E-state index contributed by atoms with van der Waals surface area (Å²) in [7, 11) is 0. The molecule has 1 aliphatic heterocycles. The van der Waals surface area contributed by atoms with Gasteiger partial charge in [0.2, 0.25) is 0 Å². The molecule has 4 heteroatoms. The van der Waals surface area contributed by atoms with Gasteiger partial charge in [0.15, 0.2) is 0 Å².